The largest absolute Gasteiger partial charge is 0.305 e. The average Bonchev–Trinajstić information content (AvgIpc) is 3.11. The van der Waals surface area contributed by atoms with Crippen molar-refractivity contribution in [2.75, 3.05) is 19.3 Å². The Morgan fingerprint density at radius 1 is 1.14 bits per heavy atom. The molecule has 1 aromatic heterocycles. The Balaban J connectivity index is 1.26. The second kappa shape index (κ2) is 9.45. The lowest BCUT2D eigenvalue weighted by Crippen LogP contribution is -2.37. The average molecular weight is 471 g/mol. The fourth-order valence-corrected chi connectivity index (χ4v) is 5.26. The summed E-state index contributed by atoms with van der Waals surface area (Å²) < 4.78 is 3.29. The van der Waals surface area contributed by atoms with Crippen LogP contribution in [0.3, 0.4) is 0 Å². The Kier molecular flexibility index (Phi) is 6.73. The summed E-state index contributed by atoms with van der Waals surface area (Å²) >= 11 is 5.39. The lowest BCUT2D eigenvalue weighted by atomic mass is 9.87. The maximum absolute atomic E-state index is 4.39. The van der Waals surface area contributed by atoms with Crippen molar-refractivity contribution < 1.29 is 0 Å². The summed E-state index contributed by atoms with van der Waals surface area (Å²) in [6.07, 6.45) is 4.74. The first kappa shape index (κ1) is 20.6. The van der Waals surface area contributed by atoms with Gasteiger partial charge in [0.25, 0.3) is 0 Å². The molecule has 0 bridgehead atoms. The van der Waals surface area contributed by atoms with Gasteiger partial charge in [-0.15, -0.1) is 10.2 Å². The number of aromatic nitrogens is 3. The van der Waals surface area contributed by atoms with Gasteiger partial charge >= 0.3 is 0 Å². The first-order chi connectivity index (χ1) is 14.1. The maximum atomic E-state index is 4.39. The van der Waals surface area contributed by atoms with E-state index in [0.717, 1.165) is 41.7 Å². The van der Waals surface area contributed by atoms with Crippen LogP contribution in [-0.2, 0) is 19.9 Å². The number of halogens is 1. The molecule has 4 rings (SSSR count). The quantitative estimate of drug-likeness (QED) is 0.350. The normalized spacial score (nSPS) is 16.2. The molecule has 4 nitrogen and oxygen atoms in total. The van der Waals surface area contributed by atoms with Crippen LogP contribution in [0.25, 0.3) is 11.4 Å². The van der Waals surface area contributed by atoms with Gasteiger partial charge in [-0.05, 0) is 62.5 Å². The number of thioether (sulfide) groups is 1. The number of rotatable bonds is 7. The first-order valence-electron chi connectivity index (χ1n) is 10.2. The molecule has 29 heavy (non-hydrogen) atoms. The number of aryl methyl sites for hydroxylation is 1. The Morgan fingerprint density at radius 2 is 1.97 bits per heavy atom. The Labute approximate surface area is 185 Å². The highest BCUT2D eigenvalue weighted by molar-refractivity contribution is 9.10. The van der Waals surface area contributed by atoms with Crippen molar-refractivity contribution in [1.29, 1.82) is 0 Å². The maximum Gasteiger partial charge on any atom is 0.191 e. The molecule has 0 radical (unpaired) electrons. The molecule has 0 spiro atoms. The summed E-state index contributed by atoms with van der Waals surface area (Å²) in [5.74, 6) is 1.99. The van der Waals surface area contributed by atoms with Gasteiger partial charge in [0, 0.05) is 28.9 Å². The van der Waals surface area contributed by atoms with Gasteiger partial charge in [0.05, 0.1) is 0 Å². The lowest BCUT2D eigenvalue weighted by Gasteiger charge is -2.32. The molecular formula is C23H27BrN4S. The number of nitrogens with zero attached hydrogens (tertiary/aromatic N) is 4. The van der Waals surface area contributed by atoms with E-state index < -0.39 is 0 Å². The number of benzene rings is 2. The molecule has 0 fully saturated rings. The Morgan fingerprint density at radius 3 is 2.79 bits per heavy atom. The number of hydrogen-bond acceptors (Lipinski definition) is 4. The monoisotopic (exact) mass is 470 g/mol. The Hall–Kier alpha value is -1.63. The van der Waals surface area contributed by atoms with Gasteiger partial charge in [0.2, 0.25) is 0 Å². The topological polar surface area (TPSA) is 34.0 Å². The van der Waals surface area contributed by atoms with E-state index in [4.69, 9.17) is 0 Å². The van der Waals surface area contributed by atoms with Crippen LogP contribution in [0.4, 0.5) is 0 Å². The third-order valence-corrected chi connectivity index (χ3v) is 7.35. The van der Waals surface area contributed by atoms with E-state index in [1.54, 1.807) is 11.8 Å². The van der Waals surface area contributed by atoms with Gasteiger partial charge in [-0.25, -0.2) is 0 Å². The molecule has 0 saturated heterocycles. The van der Waals surface area contributed by atoms with E-state index in [9.17, 15) is 0 Å². The van der Waals surface area contributed by atoms with Crippen LogP contribution < -0.4 is 0 Å². The van der Waals surface area contributed by atoms with Crippen LogP contribution in [0.2, 0.25) is 0 Å². The highest BCUT2D eigenvalue weighted by Crippen LogP contribution is 2.27. The molecule has 3 aromatic rings. The Bertz CT molecular complexity index is 957. The van der Waals surface area contributed by atoms with Crippen LogP contribution in [0.15, 0.2) is 58.2 Å². The van der Waals surface area contributed by atoms with Crippen LogP contribution in [0.1, 0.15) is 24.0 Å². The summed E-state index contributed by atoms with van der Waals surface area (Å²) in [6, 6.07) is 17.6. The molecule has 0 saturated carbocycles. The van der Waals surface area contributed by atoms with E-state index in [0.29, 0.717) is 6.04 Å². The van der Waals surface area contributed by atoms with E-state index in [-0.39, 0.29) is 0 Å². The van der Waals surface area contributed by atoms with E-state index in [1.807, 2.05) is 18.2 Å². The molecule has 0 aliphatic heterocycles. The van der Waals surface area contributed by atoms with Crippen LogP contribution >= 0.6 is 27.7 Å². The molecule has 152 valence electrons. The van der Waals surface area contributed by atoms with Crippen molar-refractivity contribution in [2.24, 2.45) is 7.05 Å². The smallest absolute Gasteiger partial charge is 0.191 e. The van der Waals surface area contributed by atoms with Crippen molar-refractivity contribution in [3.8, 4) is 11.4 Å². The predicted octanol–water partition coefficient (Wildman–Crippen LogP) is 5.22. The minimum atomic E-state index is 0.646. The third kappa shape index (κ3) is 4.93. The van der Waals surface area contributed by atoms with Crippen LogP contribution in [0, 0.1) is 0 Å². The summed E-state index contributed by atoms with van der Waals surface area (Å²) in [7, 11) is 4.32. The van der Waals surface area contributed by atoms with Gasteiger partial charge in [-0.1, -0.05) is 64.1 Å². The first-order valence-corrected chi connectivity index (χ1v) is 11.9. The highest BCUT2D eigenvalue weighted by Gasteiger charge is 2.22. The van der Waals surface area contributed by atoms with E-state index >= 15 is 0 Å². The second-order valence-electron chi connectivity index (χ2n) is 7.72. The summed E-state index contributed by atoms with van der Waals surface area (Å²) in [5, 5.41) is 9.76. The van der Waals surface area contributed by atoms with E-state index in [1.165, 1.54) is 28.4 Å². The molecule has 2 aromatic carbocycles. The van der Waals surface area contributed by atoms with Gasteiger partial charge in [0.15, 0.2) is 11.0 Å². The van der Waals surface area contributed by atoms with Crippen molar-refractivity contribution in [3.63, 3.8) is 0 Å². The van der Waals surface area contributed by atoms with Gasteiger partial charge in [-0.2, -0.15) is 0 Å². The molecule has 0 amide bonds. The molecule has 1 aliphatic carbocycles. The van der Waals surface area contributed by atoms with Gasteiger partial charge in [-0.3, -0.25) is 0 Å². The van der Waals surface area contributed by atoms with Gasteiger partial charge in [0.1, 0.15) is 0 Å². The fraction of sp³-hybridized carbons (Fsp3) is 0.391. The molecule has 1 atom stereocenters. The number of fused-ring (bicyclic) bond motifs is 1. The zero-order valence-corrected chi connectivity index (χ0v) is 19.4. The highest BCUT2D eigenvalue weighted by atomic mass is 79.9. The van der Waals surface area contributed by atoms with Crippen molar-refractivity contribution >= 4 is 27.7 Å². The van der Waals surface area contributed by atoms with Crippen LogP contribution in [0.5, 0.6) is 0 Å². The molecule has 0 N–H and O–H groups in total. The molecule has 1 heterocycles. The fourth-order valence-electron chi connectivity index (χ4n) is 4.02. The van der Waals surface area contributed by atoms with E-state index in [2.05, 4.69) is 80.0 Å². The standard InChI is InChI=1S/C23H27BrN4S/c1-27(21-12-10-18-15-20(24)11-9-19(18)16-21)13-6-14-29-23-26-25-22(28(23)2)17-7-4-3-5-8-17/h3-5,7-9,11,15,21H,6,10,12-14,16H2,1-2H3. The third-order valence-electron chi connectivity index (χ3n) is 5.75. The lowest BCUT2D eigenvalue weighted by molar-refractivity contribution is 0.223. The minimum absolute atomic E-state index is 0.646. The minimum Gasteiger partial charge on any atom is -0.305 e. The van der Waals surface area contributed by atoms with Crippen molar-refractivity contribution in [2.45, 2.75) is 36.9 Å². The van der Waals surface area contributed by atoms with Gasteiger partial charge < -0.3 is 9.47 Å². The molecule has 1 unspecified atom stereocenters. The van der Waals surface area contributed by atoms with Crippen LogP contribution in [-0.4, -0.2) is 45.1 Å². The second-order valence-corrected chi connectivity index (χ2v) is 9.70. The summed E-state index contributed by atoms with van der Waals surface area (Å²) in [5.41, 5.74) is 4.13. The van der Waals surface area contributed by atoms with Crippen molar-refractivity contribution in [1.82, 2.24) is 19.7 Å². The molecular weight excluding hydrogens is 444 g/mol. The summed E-state index contributed by atoms with van der Waals surface area (Å²) in [4.78, 5) is 2.54. The zero-order valence-electron chi connectivity index (χ0n) is 17.0. The molecule has 1 aliphatic rings. The summed E-state index contributed by atoms with van der Waals surface area (Å²) in [6.45, 7) is 1.12. The SMILES string of the molecule is CN(CCCSc1nnc(-c2ccccc2)n1C)C1CCc2cc(Br)ccc2C1. The number of likely N-dealkylation sites (N-methyl/N-ethyl adjacent to an activating group) is 1. The molecule has 6 heteroatoms. The zero-order chi connectivity index (χ0) is 20.2. The number of hydrogen-bond donors (Lipinski definition) is 0. The van der Waals surface area contributed by atoms with Crippen molar-refractivity contribution in [3.05, 3.63) is 64.1 Å². The predicted molar refractivity (Wildman–Crippen MR) is 124 cm³/mol.